The van der Waals surface area contributed by atoms with Gasteiger partial charge in [-0.1, -0.05) is 27.2 Å². The molecule has 9 heavy (non-hydrogen) atoms. The van der Waals surface area contributed by atoms with Crippen LogP contribution in [-0.2, 0) is 0 Å². The molecule has 0 aliphatic carbocycles. The first-order valence-corrected chi connectivity index (χ1v) is 3.90. The fraction of sp³-hybridized carbons (Fsp3) is 1.00. The summed E-state index contributed by atoms with van der Waals surface area (Å²) in [6.07, 6.45) is 3.14. The molecule has 0 aromatic heterocycles. The summed E-state index contributed by atoms with van der Waals surface area (Å²) >= 11 is 0. The molecule has 0 saturated carbocycles. The number of aliphatic hydroxyl groups excluding tert-OH is 1. The molecule has 0 heterocycles. The summed E-state index contributed by atoms with van der Waals surface area (Å²) in [5.74, 6) is 0.486. The maximum absolute atomic E-state index is 9.26. The van der Waals surface area contributed by atoms with E-state index >= 15 is 0 Å². The average Bonchev–Trinajstić information content (AvgIpc) is 1.87. The third-order valence-corrected chi connectivity index (χ3v) is 1.82. The van der Waals surface area contributed by atoms with Gasteiger partial charge in [-0.25, -0.2) is 0 Å². The molecule has 0 aliphatic heterocycles. The van der Waals surface area contributed by atoms with E-state index in [-0.39, 0.29) is 6.10 Å². The van der Waals surface area contributed by atoms with Crippen LogP contribution in [0.25, 0.3) is 0 Å². The highest BCUT2D eigenvalue weighted by Crippen LogP contribution is 2.12. The molecule has 0 rings (SSSR count). The van der Waals surface area contributed by atoms with Crippen LogP contribution in [0.3, 0.4) is 0 Å². The molecule has 0 aromatic carbocycles. The van der Waals surface area contributed by atoms with Crippen LogP contribution in [0, 0.1) is 5.92 Å². The summed E-state index contributed by atoms with van der Waals surface area (Å²) in [4.78, 5) is 0. The van der Waals surface area contributed by atoms with E-state index in [1.54, 1.807) is 0 Å². The van der Waals surface area contributed by atoms with Crippen molar-refractivity contribution in [3.05, 3.63) is 0 Å². The molecule has 1 nitrogen and oxygen atoms in total. The van der Waals surface area contributed by atoms with Crippen molar-refractivity contribution < 1.29 is 5.11 Å². The van der Waals surface area contributed by atoms with Crippen LogP contribution in [0.5, 0.6) is 0 Å². The van der Waals surface area contributed by atoms with Crippen molar-refractivity contribution in [2.75, 3.05) is 0 Å². The number of aliphatic hydroxyl groups is 1. The Morgan fingerprint density at radius 2 is 1.89 bits per heavy atom. The van der Waals surface area contributed by atoms with Crippen molar-refractivity contribution in [1.82, 2.24) is 0 Å². The van der Waals surface area contributed by atoms with Crippen LogP contribution in [0.15, 0.2) is 0 Å². The number of rotatable bonds is 4. The Labute approximate surface area is 58.1 Å². The zero-order chi connectivity index (χ0) is 7.28. The summed E-state index contributed by atoms with van der Waals surface area (Å²) in [6, 6.07) is 0. The van der Waals surface area contributed by atoms with Crippen LogP contribution in [0.2, 0.25) is 0 Å². The van der Waals surface area contributed by atoms with E-state index in [4.69, 9.17) is 0 Å². The van der Waals surface area contributed by atoms with Gasteiger partial charge in [0, 0.05) is 0 Å². The highest BCUT2D eigenvalue weighted by molar-refractivity contribution is 4.60. The van der Waals surface area contributed by atoms with Crippen molar-refractivity contribution >= 4 is 0 Å². The topological polar surface area (TPSA) is 20.2 Å². The Balaban J connectivity index is 3.32. The fourth-order valence-corrected chi connectivity index (χ4v) is 1.05. The van der Waals surface area contributed by atoms with Crippen molar-refractivity contribution in [3.8, 4) is 0 Å². The summed E-state index contributed by atoms with van der Waals surface area (Å²) in [6.45, 7) is 6.29. The third-order valence-electron chi connectivity index (χ3n) is 1.82. The van der Waals surface area contributed by atoms with Crippen LogP contribution < -0.4 is 0 Å². The van der Waals surface area contributed by atoms with Crippen molar-refractivity contribution in [2.45, 2.75) is 46.1 Å². The molecule has 0 aromatic rings. The largest absolute Gasteiger partial charge is 0.393 e. The molecule has 0 aliphatic rings. The Kier molecular flexibility index (Phi) is 4.78. The maximum atomic E-state index is 9.26. The van der Waals surface area contributed by atoms with E-state index in [1.165, 1.54) is 6.42 Å². The molecular formula is C8H18O. The monoisotopic (exact) mass is 130 g/mol. The van der Waals surface area contributed by atoms with Gasteiger partial charge in [0.25, 0.3) is 0 Å². The Bertz CT molecular complexity index is 61.6. The van der Waals surface area contributed by atoms with Gasteiger partial charge in [-0.2, -0.15) is 0 Å². The number of hydrogen-bond donors (Lipinski definition) is 1. The molecule has 1 unspecified atom stereocenters. The number of hydrogen-bond acceptors (Lipinski definition) is 1. The van der Waals surface area contributed by atoms with Crippen LogP contribution in [0.4, 0.5) is 0 Å². The summed E-state index contributed by atoms with van der Waals surface area (Å²) in [5.41, 5.74) is 0. The van der Waals surface area contributed by atoms with Gasteiger partial charge >= 0.3 is 0 Å². The van der Waals surface area contributed by atoms with Crippen molar-refractivity contribution in [1.29, 1.82) is 0 Å². The second-order valence-electron chi connectivity index (χ2n) is 2.74. The summed E-state index contributed by atoms with van der Waals surface area (Å²) in [5, 5.41) is 9.26. The first kappa shape index (κ1) is 8.96. The predicted octanol–water partition coefficient (Wildman–Crippen LogP) is 2.19. The molecule has 0 saturated heterocycles. The van der Waals surface area contributed by atoms with Gasteiger partial charge < -0.3 is 5.11 Å². The van der Waals surface area contributed by atoms with Crippen LogP contribution in [0.1, 0.15) is 40.0 Å². The highest BCUT2D eigenvalue weighted by atomic mass is 16.3. The Morgan fingerprint density at radius 3 is 2.22 bits per heavy atom. The first-order chi connectivity index (χ1) is 4.22. The van der Waals surface area contributed by atoms with Crippen LogP contribution in [-0.4, -0.2) is 11.2 Å². The van der Waals surface area contributed by atoms with Crippen molar-refractivity contribution in [3.63, 3.8) is 0 Å². The van der Waals surface area contributed by atoms with E-state index in [0.717, 1.165) is 12.8 Å². The summed E-state index contributed by atoms with van der Waals surface area (Å²) in [7, 11) is 0. The lowest BCUT2D eigenvalue weighted by molar-refractivity contribution is 0.107. The van der Waals surface area contributed by atoms with Gasteiger partial charge in [0.2, 0.25) is 0 Å². The lowest BCUT2D eigenvalue weighted by Crippen LogP contribution is -2.15. The van der Waals surface area contributed by atoms with Gasteiger partial charge in [0.1, 0.15) is 0 Å². The molecule has 0 radical (unpaired) electrons. The third kappa shape index (κ3) is 3.52. The van der Waals surface area contributed by atoms with Gasteiger partial charge in [-0.05, 0) is 18.8 Å². The molecule has 0 bridgehead atoms. The molecule has 2 atom stereocenters. The van der Waals surface area contributed by atoms with Gasteiger partial charge in [-0.15, -0.1) is 0 Å². The SMILES string of the molecule is CCC[C@H](C)C(O)CC. The lowest BCUT2D eigenvalue weighted by Gasteiger charge is -2.15. The van der Waals surface area contributed by atoms with Gasteiger partial charge in [0.15, 0.2) is 0 Å². The quantitative estimate of drug-likeness (QED) is 0.618. The molecule has 0 amide bonds. The maximum Gasteiger partial charge on any atom is 0.0563 e. The lowest BCUT2D eigenvalue weighted by atomic mass is 9.98. The smallest absolute Gasteiger partial charge is 0.0563 e. The normalized spacial score (nSPS) is 17.3. The second kappa shape index (κ2) is 4.80. The molecular weight excluding hydrogens is 112 g/mol. The average molecular weight is 130 g/mol. The highest BCUT2D eigenvalue weighted by Gasteiger charge is 2.09. The van der Waals surface area contributed by atoms with E-state index in [2.05, 4.69) is 13.8 Å². The minimum atomic E-state index is -0.0788. The van der Waals surface area contributed by atoms with E-state index in [1.807, 2.05) is 6.92 Å². The van der Waals surface area contributed by atoms with Crippen LogP contribution >= 0.6 is 0 Å². The standard InChI is InChI=1S/C8H18O/c1-4-6-7(3)8(9)5-2/h7-9H,4-6H2,1-3H3/t7-,8?/m0/s1. The van der Waals surface area contributed by atoms with Gasteiger partial charge in [0.05, 0.1) is 6.10 Å². The summed E-state index contributed by atoms with van der Waals surface area (Å²) < 4.78 is 0. The zero-order valence-electron chi connectivity index (χ0n) is 6.72. The molecule has 1 N–H and O–H groups in total. The van der Waals surface area contributed by atoms with Gasteiger partial charge in [-0.3, -0.25) is 0 Å². The molecule has 0 fully saturated rings. The zero-order valence-corrected chi connectivity index (χ0v) is 6.72. The Morgan fingerprint density at radius 1 is 1.33 bits per heavy atom. The molecule has 0 spiro atoms. The van der Waals surface area contributed by atoms with Crippen molar-refractivity contribution in [2.24, 2.45) is 5.92 Å². The minimum Gasteiger partial charge on any atom is -0.393 e. The van der Waals surface area contributed by atoms with E-state index in [0.29, 0.717) is 5.92 Å². The molecule has 1 heteroatoms. The molecule has 56 valence electrons. The minimum absolute atomic E-state index is 0.0788. The Hall–Kier alpha value is -0.0400. The van der Waals surface area contributed by atoms with E-state index in [9.17, 15) is 5.11 Å². The fourth-order valence-electron chi connectivity index (χ4n) is 1.05. The second-order valence-corrected chi connectivity index (χ2v) is 2.74. The first-order valence-electron chi connectivity index (χ1n) is 3.90. The van der Waals surface area contributed by atoms with E-state index < -0.39 is 0 Å². The predicted molar refractivity (Wildman–Crippen MR) is 40.4 cm³/mol.